The van der Waals surface area contributed by atoms with Crippen LogP contribution >= 0.6 is 12.4 Å². The van der Waals surface area contributed by atoms with Gasteiger partial charge in [-0.2, -0.15) is 4.98 Å². The quantitative estimate of drug-likeness (QED) is 0.883. The van der Waals surface area contributed by atoms with Crippen molar-refractivity contribution in [1.29, 1.82) is 0 Å². The van der Waals surface area contributed by atoms with E-state index in [-0.39, 0.29) is 12.4 Å². The molecule has 3 heterocycles. The third kappa shape index (κ3) is 3.84. The molecule has 0 aromatic carbocycles. The third-order valence-electron chi connectivity index (χ3n) is 3.61. The number of hydrogen-bond donors (Lipinski definition) is 1. The Hall–Kier alpha value is -1.37. The van der Waals surface area contributed by atoms with Crippen molar-refractivity contribution in [3.05, 3.63) is 24.3 Å². The summed E-state index contributed by atoms with van der Waals surface area (Å²) in [5.41, 5.74) is 0. The van der Waals surface area contributed by atoms with E-state index < -0.39 is 0 Å². The van der Waals surface area contributed by atoms with E-state index in [0.717, 1.165) is 26.1 Å². The minimum absolute atomic E-state index is 0. The zero-order valence-corrected chi connectivity index (χ0v) is 12.9. The van der Waals surface area contributed by atoms with Crippen molar-refractivity contribution in [3.8, 4) is 11.6 Å². The van der Waals surface area contributed by atoms with Crippen LogP contribution in [0.15, 0.2) is 27.3 Å². The number of nitrogens with one attached hydrogen (secondary N) is 1. The van der Waals surface area contributed by atoms with E-state index in [2.05, 4.69) is 27.3 Å². The molecule has 116 valence electrons. The van der Waals surface area contributed by atoms with Crippen LogP contribution in [0.3, 0.4) is 0 Å². The fourth-order valence-electron chi connectivity index (χ4n) is 2.63. The molecule has 1 N–H and O–H groups in total. The minimum atomic E-state index is 0. The topological polar surface area (TPSA) is 67.3 Å². The van der Waals surface area contributed by atoms with Gasteiger partial charge in [-0.15, -0.1) is 12.4 Å². The summed E-state index contributed by atoms with van der Waals surface area (Å²) in [4.78, 5) is 6.83. The van der Waals surface area contributed by atoms with Gasteiger partial charge in [-0.3, -0.25) is 4.90 Å². The van der Waals surface area contributed by atoms with Crippen LogP contribution in [-0.2, 0) is 6.54 Å². The zero-order chi connectivity index (χ0) is 13.8. The number of aromatic nitrogens is 2. The second-order valence-corrected chi connectivity index (χ2v) is 5.11. The van der Waals surface area contributed by atoms with Crippen molar-refractivity contribution < 1.29 is 8.94 Å². The maximum Gasteiger partial charge on any atom is 0.241 e. The zero-order valence-electron chi connectivity index (χ0n) is 12.1. The van der Waals surface area contributed by atoms with Crippen LogP contribution in [0.2, 0.25) is 0 Å². The Bertz CT molecular complexity index is 523. The summed E-state index contributed by atoms with van der Waals surface area (Å²) in [7, 11) is 0. The van der Waals surface area contributed by atoms with E-state index in [1.165, 1.54) is 6.42 Å². The molecule has 1 atom stereocenters. The van der Waals surface area contributed by atoms with Gasteiger partial charge in [-0.25, -0.2) is 0 Å². The van der Waals surface area contributed by atoms with Crippen molar-refractivity contribution >= 4 is 12.4 Å². The SMILES string of the molecule is CCCN(Cc1nc(-c2ccco2)no1)C1CCNC1.Cl. The number of hydrogen-bond acceptors (Lipinski definition) is 6. The summed E-state index contributed by atoms with van der Waals surface area (Å²) in [5.74, 6) is 1.81. The van der Waals surface area contributed by atoms with Crippen LogP contribution in [0, 0.1) is 0 Å². The molecule has 1 aliphatic heterocycles. The fourth-order valence-corrected chi connectivity index (χ4v) is 2.63. The van der Waals surface area contributed by atoms with E-state index in [0.29, 0.717) is 30.1 Å². The molecule has 3 rings (SSSR count). The van der Waals surface area contributed by atoms with Crippen molar-refractivity contribution in [2.75, 3.05) is 19.6 Å². The fraction of sp³-hybridized carbons (Fsp3) is 0.571. The molecule has 2 aromatic heterocycles. The van der Waals surface area contributed by atoms with Gasteiger partial charge in [0.25, 0.3) is 0 Å². The summed E-state index contributed by atoms with van der Waals surface area (Å²) >= 11 is 0. The number of rotatable bonds is 6. The van der Waals surface area contributed by atoms with E-state index in [9.17, 15) is 0 Å². The molecule has 2 aromatic rings. The smallest absolute Gasteiger partial charge is 0.241 e. The molecule has 1 aliphatic rings. The Labute approximate surface area is 130 Å². The summed E-state index contributed by atoms with van der Waals surface area (Å²) in [6, 6.07) is 4.21. The van der Waals surface area contributed by atoms with Crippen molar-refractivity contribution in [2.45, 2.75) is 32.4 Å². The first kappa shape index (κ1) is 16.0. The predicted molar refractivity (Wildman–Crippen MR) is 81.2 cm³/mol. The van der Waals surface area contributed by atoms with E-state index in [1.807, 2.05) is 12.1 Å². The number of furan rings is 1. The van der Waals surface area contributed by atoms with E-state index in [1.54, 1.807) is 6.26 Å². The lowest BCUT2D eigenvalue weighted by Gasteiger charge is -2.26. The summed E-state index contributed by atoms with van der Waals surface area (Å²) in [5, 5.41) is 7.38. The Kier molecular flexibility index (Phi) is 5.78. The highest BCUT2D eigenvalue weighted by Gasteiger charge is 2.23. The van der Waals surface area contributed by atoms with Crippen LogP contribution in [0.1, 0.15) is 25.7 Å². The van der Waals surface area contributed by atoms with Crippen LogP contribution in [0.25, 0.3) is 11.6 Å². The molecule has 0 bridgehead atoms. The van der Waals surface area contributed by atoms with Gasteiger partial charge in [0.2, 0.25) is 11.7 Å². The highest BCUT2D eigenvalue weighted by atomic mass is 35.5. The Balaban J connectivity index is 0.00000161. The van der Waals surface area contributed by atoms with Gasteiger partial charge in [0.05, 0.1) is 12.8 Å². The maximum absolute atomic E-state index is 5.34. The number of nitrogens with zero attached hydrogens (tertiary/aromatic N) is 3. The summed E-state index contributed by atoms with van der Waals surface area (Å²) in [6.07, 6.45) is 3.91. The van der Waals surface area contributed by atoms with Crippen LogP contribution in [0.5, 0.6) is 0 Å². The Morgan fingerprint density at radius 3 is 3.05 bits per heavy atom. The first-order valence-electron chi connectivity index (χ1n) is 7.18. The lowest BCUT2D eigenvalue weighted by molar-refractivity contribution is 0.174. The van der Waals surface area contributed by atoms with Crippen molar-refractivity contribution in [2.24, 2.45) is 0 Å². The summed E-state index contributed by atoms with van der Waals surface area (Å²) in [6.45, 7) is 6.07. The van der Waals surface area contributed by atoms with E-state index in [4.69, 9.17) is 8.94 Å². The first-order valence-corrected chi connectivity index (χ1v) is 7.18. The van der Waals surface area contributed by atoms with Crippen molar-refractivity contribution in [3.63, 3.8) is 0 Å². The molecule has 0 saturated carbocycles. The largest absolute Gasteiger partial charge is 0.461 e. The molecule has 0 amide bonds. The first-order chi connectivity index (χ1) is 9.86. The van der Waals surface area contributed by atoms with Crippen LogP contribution in [-0.4, -0.2) is 40.7 Å². The Morgan fingerprint density at radius 2 is 2.38 bits per heavy atom. The highest BCUT2D eigenvalue weighted by molar-refractivity contribution is 5.85. The standard InChI is InChI=1S/C14H20N4O2.ClH/c1-2-7-18(11-5-6-15-9-11)10-13-16-14(17-20-13)12-4-3-8-19-12;/h3-4,8,11,15H,2,5-7,9-10H2,1H3;1H. The maximum atomic E-state index is 5.34. The average molecular weight is 313 g/mol. The molecule has 7 heteroatoms. The normalized spacial score (nSPS) is 18.1. The second kappa shape index (κ2) is 7.59. The molecule has 0 spiro atoms. The second-order valence-electron chi connectivity index (χ2n) is 5.11. The van der Waals surface area contributed by atoms with Crippen LogP contribution in [0.4, 0.5) is 0 Å². The molecule has 6 nitrogen and oxygen atoms in total. The van der Waals surface area contributed by atoms with Gasteiger partial charge in [-0.1, -0.05) is 12.1 Å². The monoisotopic (exact) mass is 312 g/mol. The van der Waals surface area contributed by atoms with Gasteiger partial charge in [0, 0.05) is 12.6 Å². The van der Waals surface area contributed by atoms with Gasteiger partial charge in [-0.05, 0) is 38.1 Å². The third-order valence-corrected chi connectivity index (χ3v) is 3.61. The molecule has 1 unspecified atom stereocenters. The number of halogens is 1. The van der Waals surface area contributed by atoms with Gasteiger partial charge >= 0.3 is 0 Å². The molecule has 1 fully saturated rings. The Morgan fingerprint density at radius 1 is 1.48 bits per heavy atom. The van der Waals surface area contributed by atoms with Gasteiger partial charge in [0.15, 0.2) is 5.76 Å². The van der Waals surface area contributed by atoms with E-state index >= 15 is 0 Å². The van der Waals surface area contributed by atoms with Gasteiger partial charge in [0.1, 0.15) is 0 Å². The van der Waals surface area contributed by atoms with Crippen LogP contribution < -0.4 is 5.32 Å². The lowest BCUT2D eigenvalue weighted by atomic mass is 10.2. The van der Waals surface area contributed by atoms with Crippen molar-refractivity contribution in [1.82, 2.24) is 20.4 Å². The molecule has 0 aliphatic carbocycles. The molecular formula is C14H21ClN4O2. The lowest BCUT2D eigenvalue weighted by Crippen LogP contribution is -2.37. The van der Waals surface area contributed by atoms with Gasteiger partial charge < -0.3 is 14.3 Å². The summed E-state index contributed by atoms with van der Waals surface area (Å²) < 4.78 is 10.6. The molecular weight excluding hydrogens is 292 g/mol. The average Bonchev–Trinajstić information content (AvgIpc) is 3.20. The molecule has 21 heavy (non-hydrogen) atoms. The highest BCUT2D eigenvalue weighted by Crippen LogP contribution is 2.18. The molecule has 1 saturated heterocycles. The predicted octanol–water partition coefficient (Wildman–Crippen LogP) is 2.33. The minimum Gasteiger partial charge on any atom is -0.461 e. The molecule has 0 radical (unpaired) electrons.